The van der Waals surface area contributed by atoms with Gasteiger partial charge in [-0.2, -0.15) is 0 Å². The molecule has 3 atom stereocenters. The molecule has 4 heteroatoms. The van der Waals surface area contributed by atoms with Crippen molar-refractivity contribution in [2.75, 3.05) is 14.2 Å². The maximum atomic E-state index is 6.60. The molecule has 0 N–H and O–H groups in total. The van der Waals surface area contributed by atoms with E-state index in [9.17, 15) is 0 Å². The van der Waals surface area contributed by atoms with Gasteiger partial charge in [-0.05, 0) is 53.8 Å². The molecular weight excluding hydrogens is 380 g/mol. The van der Waals surface area contributed by atoms with Crippen LogP contribution in [0.25, 0.3) is 0 Å². The molecule has 132 valence electrons. The number of hydrogen-bond donors (Lipinski definition) is 0. The van der Waals surface area contributed by atoms with Crippen LogP contribution in [0.3, 0.4) is 0 Å². The van der Waals surface area contributed by atoms with Crippen LogP contribution < -0.4 is 9.47 Å². The molecule has 1 fully saturated rings. The standard InChI is InChI=1S/C21H23BrO3/c1-23-19-11-16-15-5-3-4-6-18(15)25-21(17(16)12-20(19)24-2)13-7-9-14(22)10-8-13/h7-12,15,18,21H,3-6H2,1-2H3/t15-,18+,21-/m0/s1. The minimum Gasteiger partial charge on any atom is -0.493 e. The van der Waals surface area contributed by atoms with E-state index in [0.29, 0.717) is 5.92 Å². The Hall–Kier alpha value is -1.52. The minimum absolute atomic E-state index is 0.0535. The summed E-state index contributed by atoms with van der Waals surface area (Å²) in [5.41, 5.74) is 3.75. The first kappa shape index (κ1) is 16.9. The summed E-state index contributed by atoms with van der Waals surface area (Å²) < 4.78 is 18.8. The van der Waals surface area contributed by atoms with E-state index in [4.69, 9.17) is 14.2 Å². The lowest BCUT2D eigenvalue weighted by Crippen LogP contribution is -2.33. The molecule has 1 heterocycles. The SMILES string of the molecule is COc1cc2c(cc1OC)[C@@H]1CCCC[C@H]1O[C@H]2c1ccc(Br)cc1. The molecule has 2 aromatic rings. The van der Waals surface area contributed by atoms with E-state index in [1.54, 1.807) is 14.2 Å². The Morgan fingerprint density at radius 3 is 2.24 bits per heavy atom. The zero-order valence-electron chi connectivity index (χ0n) is 14.6. The number of methoxy groups -OCH3 is 2. The van der Waals surface area contributed by atoms with Gasteiger partial charge in [-0.15, -0.1) is 0 Å². The molecule has 0 saturated heterocycles. The summed E-state index contributed by atoms with van der Waals surface area (Å²) in [6.45, 7) is 0. The fourth-order valence-electron chi connectivity index (χ4n) is 4.22. The fraction of sp³-hybridized carbons (Fsp3) is 0.429. The van der Waals surface area contributed by atoms with E-state index in [1.807, 2.05) is 0 Å². The van der Waals surface area contributed by atoms with E-state index in [1.165, 1.54) is 36.0 Å². The van der Waals surface area contributed by atoms with Gasteiger partial charge >= 0.3 is 0 Å². The van der Waals surface area contributed by atoms with Gasteiger partial charge in [0.25, 0.3) is 0 Å². The maximum absolute atomic E-state index is 6.60. The molecule has 1 aliphatic carbocycles. The third-order valence-corrected chi connectivity index (χ3v) is 5.99. The lowest BCUT2D eigenvalue weighted by atomic mass is 9.76. The largest absolute Gasteiger partial charge is 0.493 e. The van der Waals surface area contributed by atoms with Gasteiger partial charge in [0.15, 0.2) is 11.5 Å². The molecule has 0 bridgehead atoms. The molecule has 4 rings (SSSR count). The van der Waals surface area contributed by atoms with E-state index in [2.05, 4.69) is 52.3 Å². The average Bonchev–Trinajstić information content (AvgIpc) is 2.67. The summed E-state index contributed by atoms with van der Waals surface area (Å²) in [5.74, 6) is 2.03. The molecule has 0 unspecified atom stereocenters. The van der Waals surface area contributed by atoms with Gasteiger partial charge in [-0.25, -0.2) is 0 Å². The first-order valence-corrected chi connectivity index (χ1v) is 9.67. The maximum Gasteiger partial charge on any atom is 0.161 e. The summed E-state index contributed by atoms with van der Waals surface area (Å²) in [5, 5.41) is 0. The second-order valence-corrected chi connectivity index (χ2v) is 7.75. The average molecular weight is 403 g/mol. The number of fused-ring (bicyclic) bond motifs is 3. The van der Waals surface area contributed by atoms with Crippen molar-refractivity contribution < 1.29 is 14.2 Å². The Balaban J connectivity index is 1.85. The van der Waals surface area contributed by atoms with Gasteiger partial charge in [0.1, 0.15) is 6.10 Å². The van der Waals surface area contributed by atoms with E-state index >= 15 is 0 Å². The van der Waals surface area contributed by atoms with Crippen LogP contribution in [-0.2, 0) is 4.74 Å². The van der Waals surface area contributed by atoms with Crippen LogP contribution in [0.1, 0.15) is 54.4 Å². The van der Waals surface area contributed by atoms with Crippen LogP contribution in [0.2, 0.25) is 0 Å². The van der Waals surface area contributed by atoms with E-state index in [-0.39, 0.29) is 12.2 Å². The number of halogens is 1. The van der Waals surface area contributed by atoms with Crippen LogP contribution in [0.4, 0.5) is 0 Å². The van der Waals surface area contributed by atoms with Gasteiger partial charge in [-0.3, -0.25) is 0 Å². The number of benzene rings is 2. The predicted molar refractivity (Wildman–Crippen MR) is 102 cm³/mol. The van der Waals surface area contributed by atoms with Crippen LogP contribution in [0.5, 0.6) is 11.5 Å². The second kappa shape index (κ2) is 7.00. The van der Waals surface area contributed by atoms with Crippen molar-refractivity contribution in [2.24, 2.45) is 0 Å². The van der Waals surface area contributed by atoms with Crippen molar-refractivity contribution in [3.05, 3.63) is 57.6 Å². The Bertz CT molecular complexity index is 756. The molecule has 2 aromatic carbocycles. The molecule has 3 nitrogen and oxygen atoms in total. The lowest BCUT2D eigenvalue weighted by Gasteiger charge is -2.41. The summed E-state index contributed by atoms with van der Waals surface area (Å²) in [6, 6.07) is 12.7. The molecule has 1 saturated carbocycles. The van der Waals surface area contributed by atoms with Crippen molar-refractivity contribution in [1.82, 2.24) is 0 Å². The Kier molecular flexibility index (Phi) is 4.74. The molecule has 2 aliphatic rings. The van der Waals surface area contributed by atoms with E-state index < -0.39 is 0 Å². The molecule has 0 spiro atoms. The normalized spacial score (nSPS) is 25.0. The zero-order chi connectivity index (χ0) is 17.4. The van der Waals surface area contributed by atoms with E-state index in [0.717, 1.165) is 22.4 Å². The van der Waals surface area contributed by atoms with Gasteiger partial charge in [0.05, 0.1) is 20.3 Å². The van der Waals surface area contributed by atoms with Gasteiger partial charge in [-0.1, -0.05) is 40.9 Å². The van der Waals surface area contributed by atoms with Gasteiger partial charge in [0.2, 0.25) is 0 Å². The Morgan fingerprint density at radius 1 is 0.920 bits per heavy atom. The Morgan fingerprint density at radius 2 is 1.56 bits per heavy atom. The smallest absolute Gasteiger partial charge is 0.161 e. The topological polar surface area (TPSA) is 27.7 Å². The summed E-state index contributed by atoms with van der Waals surface area (Å²) in [4.78, 5) is 0. The highest BCUT2D eigenvalue weighted by molar-refractivity contribution is 9.10. The lowest BCUT2D eigenvalue weighted by molar-refractivity contribution is -0.0391. The van der Waals surface area contributed by atoms with Gasteiger partial charge < -0.3 is 14.2 Å². The fourth-order valence-corrected chi connectivity index (χ4v) is 4.48. The van der Waals surface area contributed by atoms with Crippen molar-refractivity contribution in [1.29, 1.82) is 0 Å². The van der Waals surface area contributed by atoms with Crippen LogP contribution in [-0.4, -0.2) is 20.3 Å². The number of rotatable bonds is 3. The highest BCUT2D eigenvalue weighted by Crippen LogP contribution is 2.49. The molecule has 0 amide bonds. The molecule has 0 radical (unpaired) electrons. The first-order valence-electron chi connectivity index (χ1n) is 8.88. The first-order chi connectivity index (χ1) is 12.2. The monoisotopic (exact) mass is 402 g/mol. The minimum atomic E-state index is -0.0535. The molecule has 0 aromatic heterocycles. The third kappa shape index (κ3) is 3.06. The molecule has 25 heavy (non-hydrogen) atoms. The molecular formula is C21H23BrO3. The van der Waals surface area contributed by atoms with Crippen molar-refractivity contribution >= 4 is 15.9 Å². The summed E-state index contributed by atoms with van der Waals surface area (Å²) in [7, 11) is 3.39. The number of ether oxygens (including phenoxy) is 3. The second-order valence-electron chi connectivity index (χ2n) is 6.83. The van der Waals surface area contributed by atoms with Crippen LogP contribution in [0, 0.1) is 0 Å². The van der Waals surface area contributed by atoms with Crippen LogP contribution in [0.15, 0.2) is 40.9 Å². The molecule has 1 aliphatic heterocycles. The van der Waals surface area contributed by atoms with Crippen molar-refractivity contribution in [2.45, 2.75) is 43.8 Å². The zero-order valence-corrected chi connectivity index (χ0v) is 16.2. The highest BCUT2D eigenvalue weighted by atomic mass is 79.9. The van der Waals surface area contributed by atoms with Crippen LogP contribution >= 0.6 is 15.9 Å². The predicted octanol–water partition coefficient (Wildman–Crippen LogP) is 5.61. The Labute approximate surface area is 157 Å². The highest BCUT2D eigenvalue weighted by Gasteiger charge is 2.38. The number of hydrogen-bond acceptors (Lipinski definition) is 3. The third-order valence-electron chi connectivity index (χ3n) is 5.46. The van der Waals surface area contributed by atoms with Gasteiger partial charge in [0, 0.05) is 10.4 Å². The van der Waals surface area contributed by atoms with Crippen molar-refractivity contribution in [3.63, 3.8) is 0 Å². The quantitative estimate of drug-likeness (QED) is 0.667. The van der Waals surface area contributed by atoms with Crippen molar-refractivity contribution in [3.8, 4) is 11.5 Å². The summed E-state index contributed by atoms with van der Waals surface area (Å²) >= 11 is 3.52. The summed E-state index contributed by atoms with van der Waals surface area (Å²) in [6.07, 6.45) is 5.05.